The van der Waals surface area contributed by atoms with Gasteiger partial charge in [-0.3, -0.25) is 9.59 Å². The second-order valence-corrected chi connectivity index (χ2v) is 10.7. The van der Waals surface area contributed by atoms with Crippen LogP contribution in [0.1, 0.15) is 11.5 Å². The first-order valence-corrected chi connectivity index (χ1v) is 13.5. The Morgan fingerprint density at radius 3 is 2.46 bits per heavy atom. The number of para-hydroxylation sites is 2. The topological polar surface area (TPSA) is 145 Å². The molecule has 1 aromatic heterocycles. The number of rotatable bonds is 10. The van der Waals surface area contributed by atoms with Crippen LogP contribution in [0.3, 0.4) is 0 Å². The second kappa shape index (κ2) is 12.0. The molecule has 0 radical (unpaired) electrons. The van der Waals surface area contributed by atoms with E-state index in [4.69, 9.17) is 13.9 Å². The molecule has 37 heavy (non-hydrogen) atoms. The third-order valence-corrected chi connectivity index (χ3v) is 7.23. The highest BCUT2D eigenvalue weighted by molar-refractivity contribution is 7.90. The van der Waals surface area contributed by atoms with E-state index in [2.05, 4.69) is 10.3 Å². The van der Waals surface area contributed by atoms with Crippen LogP contribution in [0.15, 0.2) is 59.0 Å². The molecule has 4 rings (SSSR count). The van der Waals surface area contributed by atoms with Crippen molar-refractivity contribution in [2.75, 3.05) is 38.7 Å². The van der Waals surface area contributed by atoms with E-state index < -0.39 is 46.0 Å². The first kappa shape index (κ1) is 26.3. The van der Waals surface area contributed by atoms with Crippen LogP contribution in [0.5, 0.6) is 0 Å². The third kappa shape index (κ3) is 7.61. The summed E-state index contributed by atoms with van der Waals surface area (Å²) in [7, 11) is -3.78. The molecule has 0 unspecified atom stereocenters. The number of oxazole rings is 1. The number of fused-ring (bicyclic) bond motifs is 1. The molecule has 12 heteroatoms. The molecule has 0 spiro atoms. The Morgan fingerprint density at radius 2 is 1.73 bits per heavy atom. The predicted molar refractivity (Wildman–Crippen MR) is 132 cm³/mol. The average molecular weight is 530 g/mol. The molecule has 1 fully saturated rings. The molecule has 0 aliphatic carbocycles. The summed E-state index contributed by atoms with van der Waals surface area (Å²) >= 11 is 0. The Morgan fingerprint density at radius 1 is 1.03 bits per heavy atom. The van der Waals surface area contributed by atoms with E-state index in [1.165, 1.54) is 4.90 Å². The summed E-state index contributed by atoms with van der Waals surface area (Å²) in [5.41, 5.74) is 1.70. The lowest BCUT2D eigenvalue weighted by Crippen LogP contribution is -2.54. The van der Waals surface area contributed by atoms with Crippen LogP contribution in [0.4, 0.5) is 4.79 Å². The van der Waals surface area contributed by atoms with Crippen LogP contribution in [0.25, 0.3) is 11.1 Å². The number of hydrogen-bond donors (Lipinski definition) is 1. The van der Waals surface area contributed by atoms with Crippen LogP contribution in [0.2, 0.25) is 0 Å². The van der Waals surface area contributed by atoms with Gasteiger partial charge in [0.2, 0.25) is 11.8 Å². The monoisotopic (exact) mass is 529 g/mol. The Bertz CT molecular complexity index is 1320. The summed E-state index contributed by atoms with van der Waals surface area (Å²) < 4.78 is 41.5. The Labute approximate surface area is 213 Å². The van der Waals surface area contributed by atoms with Gasteiger partial charge >= 0.3 is 6.09 Å². The van der Waals surface area contributed by atoms with Gasteiger partial charge in [0.1, 0.15) is 11.6 Å². The van der Waals surface area contributed by atoms with Gasteiger partial charge < -0.3 is 24.1 Å². The van der Waals surface area contributed by atoms with Gasteiger partial charge in [-0.2, -0.15) is 0 Å². The first-order valence-electron chi connectivity index (χ1n) is 11.7. The molecular formula is C25H27N3O8S. The fourth-order valence-corrected chi connectivity index (χ4v) is 5.42. The molecule has 2 aromatic carbocycles. The smallest absolute Gasteiger partial charge is 0.408 e. The number of hydrogen-bond acceptors (Lipinski definition) is 9. The highest BCUT2D eigenvalue weighted by Gasteiger charge is 2.32. The number of sulfone groups is 1. The van der Waals surface area contributed by atoms with Gasteiger partial charge in [0.25, 0.3) is 0 Å². The van der Waals surface area contributed by atoms with Crippen molar-refractivity contribution in [3.8, 4) is 0 Å². The lowest BCUT2D eigenvalue weighted by atomic mass is 10.2. The zero-order valence-corrected chi connectivity index (χ0v) is 20.8. The van der Waals surface area contributed by atoms with E-state index in [0.29, 0.717) is 29.9 Å². The molecule has 196 valence electrons. The number of morpholine rings is 1. The van der Waals surface area contributed by atoms with Crippen LogP contribution in [-0.2, 0) is 41.1 Å². The minimum absolute atomic E-state index is 0.183. The molecule has 1 atom stereocenters. The maximum absolute atomic E-state index is 13.1. The summed E-state index contributed by atoms with van der Waals surface area (Å²) in [4.78, 5) is 43.5. The van der Waals surface area contributed by atoms with Crippen molar-refractivity contribution < 1.29 is 36.7 Å². The Kier molecular flexibility index (Phi) is 8.51. The summed E-state index contributed by atoms with van der Waals surface area (Å²) in [6.07, 6.45) is -1.27. The van der Waals surface area contributed by atoms with Gasteiger partial charge in [-0.1, -0.05) is 42.5 Å². The van der Waals surface area contributed by atoms with Gasteiger partial charge in [0.05, 0.1) is 31.1 Å². The van der Waals surface area contributed by atoms with Gasteiger partial charge in [0.15, 0.2) is 27.8 Å². The molecule has 2 amide bonds. The predicted octanol–water partition coefficient (Wildman–Crippen LogP) is 1.51. The number of carbonyl (C=O) groups is 3. The maximum Gasteiger partial charge on any atom is 0.408 e. The van der Waals surface area contributed by atoms with Crippen molar-refractivity contribution in [2.24, 2.45) is 0 Å². The standard InChI is InChI=1S/C25H27N3O8S/c29-19(14-23-26-20-8-4-5-9-22(20)36-23)15-35-25(31)27-21(24(30)28-10-12-34-13-11-28)17-37(32,33)16-18-6-2-1-3-7-18/h1-9,21H,10-17H2,(H,27,31)/t21-/m1/s1. The number of ether oxygens (including phenoxy) is 2. The third-order valence-electron chi connectivity index (χ3n) is 5.61. The fourth-order valence-electron chi connectivity index (χ4n) is 3.87. The lowest BCUT2D eigenvalue weighted by Gasteiger charge is -2.30. The number of Topliss-reactive ketones (excluding diaryl/α,β-unsaturated/α-hetero) is 1. The van der Waals surface area contributed by atoms with Crippen molar-refractivity contribution in [3.63, 3.8) is 0 Å². The molecule has 2 heterocycles. The number of amides is 2. The summed E-state index contributed by atoms with van der Waals surface area (Å²) in [5.74, 6) is -1.77. The largest absolute Gasteiger partial charge is 0.442 e. The Balaban J connectivity index is 1.36. The minimum atomic E-state index is -3.78. The van der Waals surface area contributed by atoms with Crippen molar-refractivity contribution in [3.05, 3.63) is 66.1 Å². The normalized spacial score (nSPS) is 14.8. The minimum Gasteiger partial charge on any atom is -0.442 e. The zero-order chi connectivity index (χ0) is 26.3. The first-order chi connectivity index (χ1) is 17.8. The molecule has 1 aliphatic heterocycles. The van der Waals surface area contributed by atoms with Crippen LogP contribution < -0.4 is 5.32 Å². The van der Waals surface area contributed by atoms with Crippen molar-refractivity contribution >= 4 is 38.7 Å². The highest BCUT2D eigenvalue weighted by atomic mass is 32.2. The number of benzene rings is 2. The summed E-state index contributed by atoms with van der Waals surface area (Å²) in [6.45, 7) is 0.565. The van der Waals surface area contributed by atoms with Gasteiger partial charge in [-0.05, 0) is 17.7 Å². The number of nitrogens with zero attached hydrogens (tertiary/aromatic N) is 2. The van der Waals surface area contributed by atoms with Crippen LogP contribution in [0, 0.1) is 0 Å². The number of carbonyl (C=O) groups excluding carboxylic acids is 3. The fraction of sp³-hybridized carbons (Fsp3) is 0.360. The summed E-state index contributed by atoms with van der Waals surface area (Å²) in [5, 5.41) is 2.33. The molecule has 1 aliphatic rings. The van der Waals surface area contributed by atoms with Gasteiger partial charge in [-0.15, -0.1) is 0 Å². The van der Waals surface area contributed by atoms with Gasteiger partial charge in [0, 0.05) is 13.1 Å². The van der Waals surface area contributed by atoms with E-state index >= 15 is 0 Å². The van der Waals surface area contributed by atoms with E-state index in [9.17, 15) is 22.8 Å². The van der Waals surface area contributed by atoms with Crippen molar-refractivity contribution in [1.29, 1.82) is 0 Å². The van der Waals surface area contributed by atoms with Gasteiger partial charge in [-0.25, -0.2) is 18.2 Å². The van der Waals surface area contributed by atoms with Crippen LogP contribution in [-0.4, -0.2) is 80.8 Å². The lowest BCUT2D eigenvalue weighted by molar-refractivity contribution is -0.136. The zero-order valence-electron chi connectivity index (χ0n) is 20.0. The van der Waals surface area contributed by atoms with Crippen LogP contribution >= 0.6 is 0 Å². The number of alkyl carbamates (subject to hydrolysis) is 1. The average Bonchev–Trinajstić information content (AvgIpc) is 3.29. The molecule has 11 nitrogen and oxygen atoms in total. The van der Waals surface area contributed by atoms with E-state index in [1.54, 1.807) is 54.6 Å². The number of aromatic nitrogens is 1. The molecular weight excluding hydrogens is 502 g/mol. The summed E-state index contributed by atoms with van der Waals surface area (Å²) in [6, 6.07) is 14.2. The van der Waals surface area contributed by atoms with Crippen molar-refractivity contribution in [1.82, 2.24) is 15.2 Å². The second-order valence-electron chi connectivity index (χ2n) is 8.54. The number of nitrogens with one attached hydrogen (secondary N) is 1. The molecule has 0 saturated carbocycles. The molecule has 3 aromatic rings. The maximum atomic E-state index is 13.1. The molecule has 1 saturated heterocycles. The number of ketones is 1. The van der Waals surface area contributed by atoms with E-state index in [0.717, 1.165) is 0 Å². The van der Waals surface area contributed by atoms with E-state index in [-0.39, 0.29) is 31.2 Å². The molecule has 0 bridgehead atoms. The quantitative estimate of drug-likeness (QED) is 0.413. The van der Waals surface area contributed by atoms with Crippen molar-refractivity contribution in [2.45, 2.75) is 18.2 Å². The Hall–Kier alpha value is -3.77. The highest BCUT2D eigenvalue weighted by Crippen LogP contribution is 2.15. The van der Waals surface area contributed by atoms with E-state index in [1.807, 2.05) is 0 Å². The molecule has 1 N–H and O–H groups in total. The SMILES string of the molecule is O=C(COC(=O)N[C@H](CS(=O)(=O)Cc1ccccc1)C(=O)N1CCOCC1)Cc1nc2ccccc2o1.